The Kier molecular flexibility index (Phi) is 7.71. The van der Waals surface area contributed by atoms with Gasteiger partial charge in [-0.05, 0) is 30.2 Å². The van der Waals surface area contributed by atoms with Crippen molar-refractivity contribution in [2.45, 2.75) is 13.0 Å². The van der Waals surface area contributed by atoms with Crippen molar-refractivity contribution in [1.82, 2.24) is 14.7 Å². The first-order chi connectivity index (χ1) is 14.4. The van der Waals surface area contributed by atoms with E-state index < -0.39 is 11.6 Å². The van der Waals surface area contributed by atoms with Crippen molar-refractivity contribution in [3.05, 3.63) is 77.4 Å². The highest BCUT2D eigenvalue weighted by Crippen LogP contribution is 2.21. The Labute approximate surface area is 177 Å². The second-order valence-corrected chi connectivity index (χ2v) is 7.74. The van der Waals surface area contributed by atoms with Gasteiger partial charge in [0.2, 0.25) is 5.91 Å². The number of amides is 1. The molecular formula is C24H29F2N3O. The molecule has 0 saturated carbocycles. The second kappa shape index (κ2) is 10.5. The van der Waals surface area contributed by atoms with Gasteiger partial charge in [-0.2, -0.15) is 0 Å². The standard InChI is InChI=1S/C24H29F2N3O/c1-19(21-10-11-22(25)23(26)17-21)27(2)24(30)18-29-15-13-28(14-16-29)12-6-9-20-7-4-3-5-8-20/h3-11,17,19H,12-16,18H2,1-2H3/b9-6+. The maximum atomic E-state index is 13.5. The van der Waals surface area contributed by atoms with E-state index in [0.29, 0.717) is 12.1 Å². The average molecular weight is 414 g/mol. The summed E-state index contributed by atoms with van der Waals surface area (Å²) in [5.74, 6) is -1.79. The number of benzene rings is 2. The van der Waals surface area contributed by atoms with Crippen LogP contribution in [0.2, 0.25) is 0 Å². The fourth-order valence-electron chi connectivity index (χ4n) is 3.55. The Bertz CT molecular complexity index is 864. The number of nitrogens with zero attached hydrogens (tertiary/aromatic N) is 3. The zero-order valence-corrected chi connectivity index (χ0v) is 17.6. The van der Waals surface area contributed by atoms with E-state index in [2.05, 4.69) is 34.1 Å². The first-order valence-corrected chi connectivity index (χ1v) is 10.3. The fourth-order valence-corrected chi connectivity index (χ4v) is 3.55. The highest BCUT2D eigenvalue weighted by atomic mass is 19.2. The van der Waals surface area contributed by atoms with Crippen molar-refractivity contribution in [1.29, 1.82) is 0 Å². The summed E-state index contributed by atoms with van der Waals surface area (Å²) >= 11 is 0. The summed E-state index contributed by atoms with van der Waals surface area (Å²) in [6.45, 7) is 6.53. The van der Waals surface area contributed by atoms with Crippen LogP contribution in [0.5, 0.6) is 0 Å². The molecule has 0 spiro atoms. The van der Waals surface area contributed by atoms with E-state index in [4.69, 9.17) is 0 Å². The lowest BCUT2D eigenvalue weighted by Crippen LogP contribution is -2.49. The van der Waals surface area contributed by atoms with Gasteiger partial charge in [0.1, 0.15) is 0 Å². The Morgan fingerprint density at radius 1 is 1.03 bits per heavy atom. The van der Waals surface area contributed by atoms with Crippen LogP contribution in [0.4, 0.5) is 8.78 Å². The number of piperazine rings is 1. The molecule has 160 valence electrons. The third kappa shape index (κ3) is 5.97. The summed E-state index contributed by atoms with van der Waals surface area (Å²) in [6, 6.07) is 13.7. The number of carbonyl (C=O) groups excluding carboxylic acids is 1. The van der Waals surface area contributed by atoms with E-state index in [0.717, 1.165) is 44.9 Å². The lowest BCUT2D eigenvalue weighted by molar-refractivity contribution is -0.133. The smallest absolute Gasteiger partial charge is 0.236 e. The van der Waals surface area contributed by atoms with Crippen molar-refractivity contribution in [3.8, 4) is 0 Å². The van der Waals surface area contributed by atoms with E-state index in [1.807, 2.05) is 25.1 Å². The van der Waals surface area contributed by atoms with Gasteiger partial charge < -0.3 is 4.90 Å². The molecule has 30 heavy (non-hydrogen) atoms. The molecule has 1 aliphatic rings. The monoisotopic (exact) mass is 413 g/mol. The summed E-state index contributed by atoms with van der Waals surface area (Å²) in [5.41, 5.74) is 1.78. The SMILES string of the molecule is CC(c1ccc(F)c(F)c1)N(C)C(=O)CN1CCN(C/C=C/c2ccccc2)CC1. The van der Waals surface area contributed by atoms with Gasteiger partial charge in [-0.1, -0.05) is 48.6 Å². The van der Waals surface area contributed by atoms with Crippen LogP contribution in [0.1, 0.15) is 24.1 Å². The Morgan fingerprint density at radius 3 is 2.37 bits per heavy atom. The first-order valence-electron chi connectivity index (χ1n) is 10.3. The molecule has 2 aromatic carbocycles. The quantitative estimate of drug-likeness (QED) is 0.691. The van der Waals surface area contributed by atoms with Crippen LogP contribution in [0.15, 0.2) is 54.6 Å². The number of likely N-dealkylation sites (N-methyl/N-ethyl adjacent to an activating group) is 1. The molecule has 1 atom stereocenters. The first kappa shape index (κ1) is 22.1. The second-order valence-electron chi connectivity index (χ2n) is 7.74. The summed E-state index contributed by atoms with van der Waals surface area (Å²) < 4.78 is 26.7. The predicted molar refractivity (Wildman–Crippen MR) is 116 cm³/mol. The molecular weight excluding hydrogens is 384 g/mol. The van der Waals surface area contributed by atoms with Crippen LogP contribution in [0.25, 0.3) is 6.08 Å². The van der Waals surface area contributed by atoms with Crippen molar-refractivity contribution in [2.24, 2.45) is 0 Å². The topological polar surface area (TPSA) is 26.8 Å². The molecule has 6 heteroatoms. The van der Waals surface area contributed by atoms with Crippen LogP contribution in [0.3, 0.4) is 0 Å². The molecule has 4 nitrogen and oxygen atoms in total. The van der Waals surface area contributed by atoms with Gasteiger partial charge in [-0.15, -0.1) is 0 Å². The van der Waals surface area contributed by atoms with Gasteiger partial charge in [0.05, 0.1) is 12.6 Å². The Balaban J connectivity index is 1.44. The van der Waals surface area contributed by atoms with Gasteiger partial charge in [0.25, 0.3) is 0 Å². The summed E-state index contributed by atoms with van der Waals surface area (Å²) in [4.78, 5) is 18.8. The third-order valence-electron chi connectivity index (χ3n) is 5.70. The molecule has 3 rings (SSSR count). The van der Waals surface area contributed by atoms with E-state index >= 15 is 0 Å². The van der Waals surface area contributed by atoms with Crippen molar-refractivity contribution in [2.75, 3.05) is 46.3 Å². The molecule has 0 bridgehead atoms. The fraction of sp³-hybridized carbons (Fsp3) is 0.375. The van der Waals surface area contributed by atoms with E-state index in [9.17, 15) is 13.6 Å². The lowest BCUT2D eigenvalue weighted by atomic mass is 10.1. The minimum Gasteiger partial charge on any atom is -0.338 e. The Hall–Kier alpha value is -2.57. The average Bonchev–Trinajstić information content (AvgIpc) is 2.76. The number of hydrogen-bond acceptors (Lipinski definition) is 3. The largest absolute Gasteiger partial charge is 0.338 e. The van der Waals surface area contributed by atoms with Crippen molar-refractivity contribution in [3.63, 3.8) is 0 Å². The van der Waals surface area contributed by atoms with Crippen LogP contribution in [-0.2, 0) is 4.79 Å². The molecule has 1 saturated heterocycles. The normalized spacial score (nSPS) is 16.7. The van der Waals surface area contributed by atoms with Crippen LogP contribution in [-0.4, -0.2) is 66.9 Å². The van der Waals surface area contributed by atoms with E-state index in [-0.39, 0.29) is 11.9 Å². The highest BCUT2D eigenvalue weighted by molar-refractivity contribution is 5.78. The number of rotatable bonds is 7. The lowest BCUT2D eigenvalue weighted by Gasteiger charge is -2.35. The molecule has 1 unspecified atom stereocenters. The predicted octanol–water partition coefficient (Wildman–Crippen LogP) is 3.82. The molecule has 0 aliphatic carbocycles. The van der Waals surface area contributed by atoms with Gasteiger partial charge in [-0.3, -0.25) is 14.6 Å². The van der Waals surface area contributed by atoms with Crippen molar-refractivity contribution >= 4 is 12.0 Å². The minimum atomic E-state index is -0.891. The van der Waals surface area contributed by atoms with Gasteiger partial charge in [0, 0.05) is 39.8 Å². The van der Waals surface area contributed by atoms with Gasteiger partial charge in [-0.25, -0.2) is 8.78 Å². The van der Waals surface area contributed by atoms with Crippen LogP contribution < -0.4 is 0 Å². The van der Waals surface area contributed by atoms with E-state index in [1.54, 1.807) is 11.9 Å². The summed E-state index contributed by atoms with van der Waals surface area (Å²) in [6.07, 6.45) is 4.30. The number of hydrogen-bond donors (Lipinski definition) is 0. The molecule has 1 amide bonds. The van der Waals surface area contributed by atoms with E-state index in [1.165, 1.54) is 11.6 Å². The van der Waals surface area contributed by atoms with Gasteiger partial charge in [0.15, 0.2) is 11.6 Å². The molecule has 1 fully saturated rings. The molecule has 0 aromatic heterocycles. The summed E-state index contributed by atoms with van der Waals surface area (Å²) in [5, 5.41) is 0. The molecule has 2 aromatic rings. The number of carbonyl (C=O) groups is 1. The highest BCUT2D eigenvalue weighted by Gasteiger charge is 2.23. The Morgan fingerprint density at radius 2 is 1.70 bits per heavy atom. The minimum absolute atomic E-state index is 0.0235. The molecule has 1 heterocycles. The van der Waals surface area contributed by atoms with Gasteiger partial charge >= 0.3 is 0 Å². The molecule has 1 aliphatic heterocycles. The number of halogens is 2. The maximum absolute atomic E-state index is 13.5. The third-order valence-corrected chi connectivity index (χ3v) is 5.70. The van der Waals surface area contributed by atoms with Crippen LogP contribution in [0, 0.1) is 11.6 Å². The zero-order valence-electron chi connectivity index (χ0n) is 17.6. The zero-order chi connectivity index (χ0) is 21.5. The summed E-state index contributed by atoms with van der Waals surface area (Å²) in [7, 11) is 1.71. The molecule has 0 radical (unpaired) electrons. The maximum Gasteiger partial charge on any atom is 0.236 e. The van der Waals surface area contributed by atoms with Crippen molar-refractivity contribution < 1.29 is 13.6 Å². The molecule has 0 N–H and O–H groups in total. The van der Waals surface area contributed by atoms with Crippen LogP contribution >= 0.6 is 0 Å².